The van der Waals surface area contributed by atoms with Gasteiger partial charge in [0.15, 0.2) is 0 Å². The number of sulfonamides is 1. The Labute approximate surface area is 216 Å². The quantitative estimate of drug-likeness (QED) is 0.549. The molecule has 0 spiro atoms. The van der Waals surface area contributed by atoms with Gasteiger partial charge in [-0.15, -0.1) is 0 Å². The molecule has 3 aliphatic rings. The first-order chi connectivity index (χ1) is 17.4. The minimum atomic E-state index is -3.65. The van der Waals surface area contributed by atoms with Crippen LogP contribution >= 0.6 is 0 Å². The lowest BCUT2D eigenvalue weighted by Gasteiger charge is -2.38. The number of aromatic nitrogens is 1. The zero-order valence-electron chi connectivity index (χ0n) is 21.0. The number of anilines is 2. The number of rotatable bonds is 6. The van der Waals surface area contributed by atoms with Gasteiger partial charge in [-0.3, -0.25) is 9.59 Å². The fourth-order valence-electron chi connectivity index (χ4n) is 5.06. The van der Waals surface area contributed by atoms with Crippen molar-refractivity contribution in [2.75, 3.05) is 36.4 Å². The molecule has 1 aliphatic carbocycles. The first kappa shape index (κ1) is 26.1. The molecule has 5 rings (SSSR count). The third-order valence-electron chi connectivity index (χ3n) is 7.81. The molecule has 1 amide bonds. The van der Waals surface area contributed by atoms with Gasteiger partial charge >= 0.3 is 0 Å². The minimum Gasteiger partial charge on any atom is -0.371 e. The van der Waals surface area contributed by atoms with Gasteiger partial charge in [-0.2, -0.15) is 4.31 Å². The Hall–Kier alpha value is -2.57. The minimum absolute atomic E-state index is 0.00173. The smallest absolute Gasteiger partial charge is 0.274 e. The molecule has 2 aliphatic heterocycles. The van der Waals surface area contributed by atoms with Crippen LogP contribution in [0.5, 0.6) is 0 Å². The van der Waals surface area contributed by atoms with Gasteiger partial charge in [-0.25, -0.2) is 17.2 Å². The number of alkyl halides is 2. The Morgan fingerprint density at radius 2 is 1.76 bits per heavy atom. The first-order valence-electron chi connectivity index (χ1n) is 12.7. The zero-order chi connectivity index (χ0) is 26.6. The maximum absolute atomic E-state index is 13.4. The number of nitrogens with one attached hydrogen (secondary N) is 1. The van der Waals surface area contributed by atoms with E-state index in [1.165, 1.54) is 33.3 Å². The molecule has 200 valence electrons. The van der Waals surface area contributed by atoms with Crippen LogP contribution < -0.4 is 15.8 Å². The topological polar surface area (TPSA) is 91.7 Å². The first-order valence-corrected chi connectivity index (χ1v) is 17.5. The number of carbonyl (C=O) groups is 1. The van der Waals surface area contributed by atoms with Crippen LogP contribution in [0, 0.1) is 0 Å². The molecule has 3 fully saturated rings. The maximum Gasteiger partial charge on any atom is 0.274 e. The van der Waals surface area contributed by atoms with Crippen molar-refractivity contribution in [3.8, 4) is 0 Å². The summed E-state index contributed by atoms with van der Waals surface area (Å²) in [6, 6.07) is 8.94. The van der Waals surface area contributed by atoms with E-state index in [0.29, 0.717) is 18.8 Å². The van der Waals surface area contributed by atoms with Crippen LogP contribution in [0.3, 0.4) is 0 Å². The molecule has 1 saturated carbocycles. The van der Waals surface area contributed by atoms with Crippen molar-refractivity contribution in [3.05, 3.63) is 52.4 Å². The second kappa shape index (κ2) is 9.32. The average Bonchev–Trinajstić information content (AvgIpc) is 2.77. The number of hydrogen-bond acceptors (Lipinski definition) is 5. The summed E-state index contributed by atoms with van der Waals surface area (Å²) in [4.78, 5) is 28.6. The summed E-state index contributed by atoms with van der Waals surface area (Å²) in [5.41, 5.74) is 0.256. The standard InChI is InChI=1S/C25H32F2N4O4SSi/c1-37(2)13-11-29(12-14-37)22-15-19(36(34,35)30-8-4-9-30)6-7-20(22)23(32)28-21-5-3-10-31(24(21)33)18-16-25(26,27)17-18/h3,5-7,10,15,18H,4,8-9,11-14,16-17H2,1-2H3,(H,28,32). The van der Waals surface area contributed by atoms with Gasteiger partial charge in [0, 0.05) is 51.3 Å². The van der Waals surface area contributed by atoms with Crippen LogP contribution in [0.15, 0.2) is 46.2 Å². The molecule has 0 unspecified atom stereocenters. The Bertz CT molecular complexity index is 1370. The molecule has 1 aromatic heterocycles. The summed E-state index contributed by atoms with van der Waals surface area (Å²) >= 11 is 0. The van der Waals surface area contributed by atoms with Gasteiger partial charge in [0.2, 0.25) is 10.0 Å². The van der Waals surface area contributed by atoms with Crippen molar-refractivity contribution in [3.63, 3.8) is 0 Å². The highest BCUT2D eigenvalue weighted by Gasteiger charge is 2.46. The lowest BCUT2D eigenvalue weighted by atomic mass is 9.88. The summed E-state index contributed by atoms with van der Waals surface area (Å²) in [5.74, 6) is -3.32. The van der Waals surface area contributed by atoms with Crippen LogP contribution in [0.25, 0.3) is 0 Å². The van der Waals surface area contributed by atoms with Crippen molar-refractivity contribution < 1.29 is 22.0 Å². The zero-order valence-corrected chi connectivity index (χ0v) is 22.9. The van der Waals surface area contributed by atoms with Crippen LogP contribution in [-0.2, 0) is 10.0 Å². The monoisotopic (exact) mass is 550 g/mol. The van der Waals surface area contributed by atoms with E-state index in [2.05, 4.69) is 23.3 Å². The summed E-state index contributed by atoms with van der Waals surface area (Å²) in [6.07, 6.45) is 1.47. The molecule has 8 nitrogen and oxygen atoms in total. The highest BCUT2D eigenvalue weighted by molar-refractivity contribution is 7.89. The van der Waals surface area contributed by atoms with Gasteiger partial charge in [-0.05, 0) is 48.8 Å². The molecule has 0 radical (unpaired) electrons. The highest BCUT2D eigenvalue weighted by Crippen LogP contribution is 2.44. The second-order valence-corrected chi connectivity index (χ2v) is 18.4. The lowest BCUT2D eigenvalue weighted by Crippen LogP contribution is -2.44. The Morgan fingerprint density at radius 3 is 2.35 bits per heavy atom. The normalized spacial score (nSPS) is 21.7. The molecule has 2 aromatic rings. The second-order valence-electron chi connectivity index (χ2n) is 11.1. The van der Waals surface area contributed by atoms with Crippen LogP contribution in [0.2, 0.25) is 25.2 Å². The van der Waals surface area contributed by atoms with E-state index in [0.717, 1.165) is 31.6 Å². The van der Waals surface area contributed by atoms with Crippen molar-refractivity contribution in [1.29, 1.82) is 0 Å². The largest absolute Gasteiger partial charge is 0.371 e. The number of amides is 1. The molecule has 0 atom stereocenters. The molecular weight excluding hydrogens is 518 g/mol. The van der Waals surface area contributed by atoms with Crippen molar-refractivity contribution >= 4 is 35.4 Å². The Morgan fingerprint density at radius 1 is 1.08 bits per heavy atom. The van der Waals surface area contributed by atoms with Crippen LogP contribution in [0.1, 0.15) is 35.7 Å². The summed E-state index contributed by atoms with van der Waals surface area (Å²) in [7, 11) is -4.98. The van der Waals surface area contributed by atoms with E-state index in [1.54, 1.807) is 12.1 Å². The summed E-state index contributed by atoms with van der Waals surface area (Å²) in [5, 5.41) is 2.65. The molecule has 3 heterocycles. The van der Waals surface area contributed by atoms with Gasteiger partial charge in [0.1, 0.15) is 5.69 Å². The van der Waals surface area contributed by atoms with E-state index in [1.807, 2.05) is 0 Å². The van der Waals surface area contributed by atoms with Crippen molar-refractivity contribution in [2.24, 2.45) is 0 Å². The molecule has 2 saturated heterocycles. The molecule has 1 aromatic carbocycles. The Kier molecular flexibility index (Phi) is 6.56. The van der Waals surface area contributed by atoms with E-state index in [4.69, 9.17) is 0 Å². The maximum atomic E-state index is 13.4. The molecule has 0 bridgehead atoms. The van der Waals surface area contributed by atoms with Gasteiger partial charge in [0.25, 0.3) is 17.4 Å². The van der Waals surface area contributed by atoms with Crippen molar-refractivity contribution in [2.45, 2.75) is 61.3 Å². The fraction of sp³-hybridized carbons (Fsp3) is 0.520. The SMILES string of the molecule is C[Si]1(C)CCN(c2cc(S(=O)(=O)N3CCC3)ccc2C(=O)Nc2cccn(C3CC(F)(F)C3)c2=O)CC1. The van der Waals surface area contributed by atoms with E-state index < -0.39 is 54.4 Å². The number of nitrogens with zero attached hydrogens (tertiary/aromatic N) is 3. The predicted molar refractivity (Wildman–Crippen MR) is 141 cm³/mol. The fourth-order valence-corrected chi connectivity index (χ4v) is 8.60. The van der Waals surface area contributed by atoms with E-state index in [9.17, 15) is 26.8 Å². The lowest BCUT2D eigenvalue weighted by molar-refractivity contribution is -0.104. The Balaban J connectivity index is 1.45. The van der Waals surface area contributed by atoms with Gasteiger partial charge < -0.3 is 14.8 Å². The van der Waals surface area contributed by atoms with E-state index in [-0.39, 0.29) is 16.1 Å². The van der Waals surface area contributed by atoms with Crippen LogP contribution in [0.4, 0.5) is 20.2 Å². The number of hydrogen-bond donors (Lipinski definition) is 1. The predicted octanol–water partition coefficient (Wildman–Crippen LogP) is 3.99. The van der Waals surface area contributed by atoms with E-state index >= 15 is 0 Å². The third kappa shape index (κ3) is 5.10. The molecule has 1 N–H and O–H groups in total. The van der Waals surface area contributed by atoms with Crippen molar-refractivity contribution in [1.82, 2.24) is 8.87 Å². The number of halogens is 2. The van der Waals surface area contributed by atoms with Gasteiger partial charge in [0.05, 0.1) is 24.2 Å². The summed E-state index contributed by atoms with van der Waals surface area (Å²) in [6.45, 7) is 7.05. The molecular formula is C25H32F2N4O4SSi. The number of carbonyl (C=O) groups excluding carboxylic acids is 1. The molecule has 12 heteroatoms. The number of benzene rings is 1. The highest BCUT2D eigenvalue weighted by atomic mass is 32.2. The molecule has 37 heavy (non-hydrogen) atoms. The van der Waals surface area contributed by atoms with Gasteiger partial charge in [-0.1, -0.05) is 13.1 Å². The average molecular weight is 551 g/mol. The third-order valence-corrected chi connectivity index (χ3v) is 12.9. The van der Waals surface area contributed by atoms with Crippen LogP contribution in [-0.4, -0.2) is 63.4 Å². The number of pyridine rings is 1. The summed E-state index contributed by atoms with van der Waals surface area (Å²) < 4.78 is 55.5.